The molecule has 0 saturated heterocycles. The minimum Gasteiger partial charge on any atom is -0.382 e. The fourth-order valence-electron chi connectivity index (χ4n) is 2.37. The van der Waals surface area contributed by atoms with Gasteiger partial charge in [-0.25, -0.2) is 4.98 Å². The zero-order valence-corrected chi connectivity index (χ0v) is 14.8. The number of benzene rings is 1. The fraction of sp³-hybridized carbons (Fsp3) is 0.312. The number of hydrogen-bond acceptors (Lipinski definition) is 5. The van der Waals surface area contributed by atoms with Gasteiger partial charge in [-0.2, -0.15) is 9.97 Å². The molecule has 0 unspecified atom stereocenters. The molecule has 0 spiro atoms. The molecule has 2 aromatic heterocycles. The van der Waals surface area contributed by atoms with E-state index in [2.05, 4.69) is 27.2 Å². The first-order valence-electron chi connectivity index (χ1n) is 7.74. The molecule has 126 valence electrons. The van der Waals surface area contributed by atoms with Crippen molar-refractivity contribution in [2.75, 3.05) is 17.6 Å². The Kier molecular flexibility index (Phi) is 5.06. The van der Waals surface area contributed by atoms with Crippen LogP contribution >= 0.6 is 23.2 Å². The summed E-state index contributed by atoms with van der Waals surface area (Å²) in [4.78, 5) is 13.1. The minimum absolute atomic E-state index is 0.367. The van der Waals surface area contributed by atoms with E-state index in [1.165, 1.54) is 0 Å². The van der Waals surface area contributed by atoms with E-state index in [-0.39, 0.29) is 0 Å². The highest BCUT2D eigenvalue weighted by Crippen LogP contribution is 2.24. The van der Waals surface area contributed by atoms with Crippen molar-refractivity contribution >= 4 is 46.1 Å². The quantitative estimate of drug-likeness (QED) is 0.646. The van der Waals surface area contributed by atoms with E-state index >= 15 is 0 Å². The number of unbranched alkanes of at least 4 members (excludes halogenated alkanes) is 1. The van der Waals surface area contributed by atoms with E-state index in [0.29, 0.717) is 39.5 Å². The highest BCUT2D eigenvalue weighted by atomic mass is 35.5. The molecule has 0 aliphatic heterocycles. The number of anilines is 2. The standard InChI is InChI=1S/C16H18Cl2N6/c1-2-3-6-20-16-22-14(19)13-15(23-16)24(9-21-13)8-10-4-5-11(17)12(18)7-10/h4-5,7,9H,2-3,6,8H2,1H3,(H3,19,20,22,23). The smallest absolute Gasteiger partial charge is 0.226 e. The lowest BCUT2D eigenvalue weighted by molar-refractivity contribution is 0.808. The lowest BCUT2D eigenvalue weighted by atomic mass is 10.2. The number of rotatable bonds is 6. The molecule has 24 heavy (non-hydrogen) atoms. The second kappa shape index (κ2) is 7.23. The molecular formula is C16H18Cl2N6. The molecule has 6 nitrogen and oxygen atoms in total. The number of nitrogens with zero attached hydrogens (tertiary/aromatic N) is 4. The van der Waals surface area contributed by atoms with Gasteiger partial charge in [0.25, 0.3) is 0 Å². The summed E-state index contributed by atoms with van der Waals surface area (Å²) in [6, 6.07) is 5.53. The van der Waals surface area contributed by atoms with Gasteiger partial charge in [-0.3, -0.25) is 0 Å². The first-order chi connectivity index (χ1) is 11.6. The van der Waals surface area contributed by atoms with Crippen LogP contribution in [0.2, 0.25) is 10.0 Å². The first kappa shape index (κ1) is 16.8. The van der Waals surface area contributed by atoms with E-state index in [1.807, 2.05) is 16.7 Å². The highest BCUT2D eigenvalue weighted by molar-refractivity contribution is 6.42. The first-order valence-corrected chi connectivity index (χ1v) is 8.50. The number of aromatic nitrogens is 4. The molecule has 0 saturated carbocycles. The second-order valence-corrected chi connectivity index (χ2v) is 6.32. The third-order valence-electron chi connectivity index (χ3n) is 3.64. The third kappa shape index (κ3) is 3.55. The fourth-order valence-corrected chi connectivity index (χ4v) is 2.69. The average Bonchev–Trinajstić information content (AvgIpc) is 2.95. The largest absolute Gasteiger partial charge is 0.382 e. The van der Waals surface area contributed by atoms with Crippen molar-refractivity contribution < 1.29 is 0 Å². The molecule has 1 aromatic carbocycles. The van der Waals surface area contributed by atoms with Crippen molar-refractivity contribution in [1.29, 1.82) is 0 Å². The Bertz CT molecular complexity index is 861. The van der Waals surface area contributed by atoms with Crippen LogP contribution in [0.5, 0.6) is 0 Å². The van der Waals surface area contributed by atoms with Crippen LogP contribution in [-0.4, -0.2) is 26.1 Å². The van der Waals surface area contributed by atoms with Gasteiger partial charge in [0.15, 0.2) is 11.5 Å². The molecule has 0 fully saturated rings. The van der Waals surface area contributed by atoms with Crippen LogP contribution < -0.4 is 11.1 Å². The average molecular weight is 365 g/mol. The van der Waals surface area contributed by atoms with E-state index in [0.717, 1.165) is 24.9 Å². The van der Waals surface area contributed by atoms with Crippen LogP contribution in [0.15, 0.2) is 24.5 Å². The van der Waals surface area contributed by atoms with Crippen LogP contribution in [0.1, 0.15) is 25.3 Å². The number of nitrogens with two attached hydrogens (primary N) is 1. The van der Waals surface area contributed by atoms with E-state index in [1.54, 1.807) is 12.4 Å². The predicted octanol–water partition coefficient (Wildman–Crippen LogP) is 3.98. The van der Waals surface area contributed by atoms with E-state index < -0.39 is 0 Å². The maximum absolute atomic E-state index is 6.08. The summed E-state index contributed by atoms with van der Waals surface area (Å²) in [7, 11) is 0. The molecule has 0 bridgehead atoms. The molecule has 3 aromatic rings. The summed E-state index contributed by atoms with van der Waals surface area (Å²) in [5.41, 5.74) is 8.29. The van der Waals surface area contributed by atoms with Crippen LogP contribution in [0.3, 0.4) is 0 Å². The number of nitrogens with one attached hydrogen (secondary N) is 1. The zero-order chi connectivity index (χ0) is 17.1. The number of imidazole rings is 1. The number of nitrogen functional groups attached to an aromatic ring is 1. The van der Waals surface area contributed by atoms with Crippen molar-refractivity contribution in [3.8, 4) is 0 Å². The third-order valence-corrected chi connectivity index (χ3v) is 4.38. The van der Waals surface area contributed by atoms with E-state index in [4.69, 9.17) is 28.9 Å². The van der Waals surface area contributed by atoms with Crippen LogP contribution in [-0.2, 0) is 6.54 Å². The monoisotopic (exact) mass is 364 g/mol. The molecule has 0 amide bonds. The van der Waals surface area contributed by atoms with Gasteiger partial charge in [0, 0.05) is 6.54 Å². The Morgan fingerprint density at radius 3 is 2.79 bits per heavy atom. The zero-order valence-electron chi connectivity index (χ0n) is 13.3. The summed E-state index contributed by atoms with van der Waals surface area (Å²) in [6.45, 7) is 3.51. The van der Waals surface area contributed by atoms with Gasteiger partial charge in [-0.05, 0) is 24.1 Å². The summed E-state index contributed by atoms with van der Waals surface area (Å²) < 4.78 is 1.91. The summed E-state index contributed by atoms with van der Waals surface area (Å²) in [6.07, 6.45) is 3.85. The minimum atomic E-state index is 0.367. The van der Waals surface area contributed by atoms with Gasteiger partial charge < -0.3 is 15.6 Å². The molecule has 0 atom stereocenters. The topological polar surface area (TPSA) is 81.6 Å². The number of halogens is 2. The van der Waals surface area contributed by atoms with Gasteiger partial charge in [-0.15, -0.1) is 0 Å². The molecule has 8 heteroatoms. The predicted molar refractivity (Wildman–Crippen MR) is 98.7 cm³/mol. The molecule has 0 aliphatic carbocycles. The SMILES string of the molecule is CCCCNc1nc(N)c2ncn(Cc3ccc(Cl)c(Cl)c3)c2n1. The van der Waals surface area contributed by atoms with Crippen molar-refractivity contribution in [3.05, 3.63) is 40.1 Å². The van der Waals surface area contributed by atoms with Crippen molar-refractivity contribution in [2.24, 2.45) is 0 Å². The highest BCUT2D eigenvalue weighted by Gasteiger charge is 2.12. The Balaban J connectivity index is 1.91. The van der Waals surface area contributed by atoms with Gasteiger partial charge in [0.2, 0.25) is 5.95 Å². The summed E-state index contributed by atoms with van der Waals surface area (Å²) in [5.74, 6) is 0.885. The molecule has 3 rings (SSSR count). The number of hydrogen-bond donors (Lipinski definition) is 2. The molecule has 3 N–H and O–H groups in total. The summed E-state index contributed by atoms with van der Waals surface area (Å²) in [5, 5.41) is 4.25. The Morgan fingerprint density at radius 2 is 2.04 bits per heavy atom. The molecular weight excluding hydrogens is 347 g/mol. The van der Waals surface area contributed by atoms with E-state index in [9.17, 15) is 0 Å². The Morgan fingerprint density at radius 1 is 1.21 bits per heavy atom. The van der Waals surface area contributed by atoms with Crippen molar-refractivity contribution in [2.45, 2.75) is 26.3 Å². The van der Waals surface area contributed by atoms with Gasteiger partial charge in [0.1, 0.15) is 5.52 Å². The Labute approximate surface area is 150 Å². The lowest BCUT2D eigenvalue weighted by Crippen LogP contribution is -2.08. The van der Waals surface area contributed by atoms with Crippen LogP contribution in [0.25, 0.3) is 11.2 Å². The molecule has 0 radical (unpaired) electrons. The Hall–Kier alpha value is -2.05. The van der Waals surface area contributed by atoms with Gasteiger partial charge in [0.05, 0.1) is 22.9 Å². The maximum Gasteiger partial charge on any atom is 0.226 e. The second-order valence-electron chi connectivity index (χ2n) is 5.51. The normalized spacial score (nSPS) is 11.1. The van der Waals surface area contributed by atoms with Gasteiger partial charge in [-0.1, -0.05) is 42.6 Å². The van der Waals surface area contributed by atoms with Crippen LogP contribution in [0, 0.1) is 0 Å². The van der Waals surface area contributed by atoms with Crippen molar-refractivity contribution in [3.63, 3.8) is 0 Å². The van der Waals surface area contributed by atoms with Crippen LogP contribution in [0.4, 0.5) is 11.8 Å². The van der Waals surface area contributed by atoms with Crippen molar-refractivity contribution in [1.82, 2.24) is 19.5 Å². The van der Waals surface area contributed by atoms with Gasteiger partial charge >= 0.3 is 0 Å². The lowest BCUT2D eigenvalue weighted by Gasteiger charge is -2.08. The number of fused-ring (bicyclic) bond motifs is 1. The summed E-state index contributed by atoms with van der Waals surface area (Å²) >= 11 is 12.0. The molecule has 2 heterocycles. The molecule has 0 aliphatic rings. The maximum atomic E-state index is 6.08.